The maximum absolute atomic E-state index is 10.1. The molecule has 0 atom stereocenters. The van der Waals surface area contributed by atoms with E-state index in [4.69, 9.17) is 10.2 Å². The highest BCUT2D eigenvalue weighted by Crippen LogP contribution is 2.23. The number of hydrogen-bond donors (Lipinski definition) is 2. The molecule has 3 heteroatoms. The van der Waals surface area contributed by atoms with Crippen molar-refractivity contribution in [2.24, 2.45) is 0 Å². The third-order valence-electron chi connectivity index (χ3n) is 3.61. The molecule has 3 rings (SSSR count). The highest BCUT2D eigenvalue weighted by Gasteiger charge is 2.01. The van der Waals surface area contributed by atoms with Gasteiger partial charge in [-0.15, -0.1) is 6.58 Å². The van der Waals surface area contributed by atoms with Gasteiger partial charge in [0.25, 0.3) is 0 Å². The summed E-state index contributed by atoms with van der Waals surface area (Å²) >= 11 is 0. The lowest BCUT2D eigenvalue weighted by molar-refractivity contribution is 0.112. The first-order valence-corrected chi connectivity index (χ1v) is 7.87. The van der Waals surface area contributed by atoms with Crippen LogP contribution in [0, 0.1) is 0 Å². The molecule has 3 aromatic rings. The van der Waals surface area contributed by atoms with Crippen molar-refractivity contribution in [1.29, 1.82) is 0 Å². The Bertz CT molecular complexity index is 839. The molecule has 0 saturated carbocycles. The van der Waals surface area contributed by atoms with E-state index >= 15 is 0 Å². The standard InChI is InChI=1S/C15H14.C7H6O3/c1-2-8-13-11-6-7-12-15(13)14-9-4-3-5-10-14;8-4-5-1-2-6(9)3-7(5)10/h2-7,9-12H,1,8H2;1-4,9-10H. The largest absolute Gasteiger partial charge is 0.508 e. The number of carbonyl (C=O) groups is 1. The predicted molar refractivity (Wildman–Crippen MR) is 101 cm³/mol. The summed E-state index contributed by atoms with van der Waals surface area (Å²) in [7, 11) is 0. The van der Waals surface area contributed by atoms with Crippen LogP contribution in [0.2, 0.25) is 0 Å². The van der Waals surface area contributed by atoms with Crippen LogP contribution in [0.4, 0.5) is 0 Å². The van der Waals surface area contributed by atoms with Crippen molar-refractivity contribution in [1.82, 2.24) is 0 Å². The molecule has 0 fully saturated rings. The second kappa shape index (κ2) is 9.08. The summed E-state index contributed by atoms with van der Waals surface area (Å²) in [5.74, 6) is -0.252. The second-order valence-electron chi connectivity index (χ2n) is 5.38. The van der Waals surface area contributed by atoms with Crippen LogP contribution in [-0.4, -0.2) is 16.5 Å². The van der Waals surface area contributed by atoms with Gasteiger partial charge in [0.05, 0.1) is 5.56 Å². The average molecular weight is 332 g/mol. The number of aromatic hydroxyl groups is 2. The minimum atomic E-state index is -0.199. The molecule has 0 aliphatic rings. The second-order valence-corrected chi connectivity index (χ2v) is 5.38. The third-order valence-corrected chi connectivity index (χ3v) is 3.61. The van der Waals surface area contributed by atoms with Crippen molar-refractivity contribution in [3.05, 3.63) is 96.6 Å². The molecule has 0 spiro atoms. The monoisotopic (exact) mass is 332 g/mol. The summed E-state index contributed by atoms with van der Waals surface area (Å²) in [4.78, 5) is 10.1. The van der Waals surface area contributed by atoms with Gasteiger partial charge in [0, 0.05) is 6.07 Å². The molecular weight excluding hydrogens is 312 g/mol. The molecule has 0 aliphatic heterocycles. The summed E-state index contributed by atoms with van der Waals surface area (Å²) in [6.45, 7) is 3.79. The SMILES string of the molecule is C=CCc1ccccc1-c1ccccc1.O=Cc1ccc(O)cc1O. The molecule has 0 saturated heterocycles. The average Bonchev–Trinajstić information content (AvgIpc) is 2.64. The quantitative estimate of drug-likeness (QED) is 0.522. The van der Waals surface area contributed by atoms with Crippen LogP contribution in [-0.2, 0) is 6.42 Å². The first-order valence-electron chi connectivity index (χ1n) is 7.87. The molecule has 0 aliphatic carbocycles. The number of carbonyl (C=O) groups excluding carboxylic acids is 1. The van der Waals surface area contributed by atoms with Crippen molar-refractivity contribution < 1.29 is 15.0 Å². The number of phenols is 2. The molecule has 0 bridgehead atoms. The molecule has 3 nitrogen and oxygen atoms in total. The van der Waals surface area contributed by atoms with Crippen LogP contribution in [0.3, 0.4) is 0 Å². The van der Waals surface area contributed by atoms with E-state index in [1.165, 1.54) is 28.8 Å². The van der Waals surface area contributed by atoms with Gasteiger partial charge in [0.2, 0.25) is 0 Å². The maximum atomic E-state index is 10.1. The van der Waals surface area contributed by atoms with Gasteiger partial charge in [0.15, 0.2) is 6.29 Å². The van der Waals surface area contributed by atoms with E-state index < -0.39 is 0 Å². The van der Waals surface area contributed by atoms with Crippen LogP contribution >= 0.6 is 0 Å². The van der Waals surface area contributed by atoms with Gasteiger partial charge in [-0.1, -0.05) is 60.7 Å². The summed E-state index contributed by atoms with van der Waals surface area (Å²) < 4.78 is 0. The molecule has 0 unspecified atom stereocenters. The van der Waals surface area contributed by atoms with Gasteiger partial charge < -0.3 is 10.2 Å². The Morgan fingerprint density at radius 3 is 2.20 bits per heavy atom. The van der Waals surface area contributed by atoms with E-state index in [0.717, 1.165) is 12.5 Å². The Balaban J connectivity index is 0.000000196. The Morgan fingerprint density at radius 1 is 0.880 bits per heavy atom. The summed E-state index contributed by atoms with van der Waals surface area (Å²) in [6.07, 6.45) is 3.39. The van der Waals surface area contributed by atoms with E-state index in [-0.39, 0.29) is 17.1 Å². The van der Waals surface area contributed by atoms with Crippen molar-refractivity contribution in [3.8, 4) is 22.6 Å². The van der Waals surface area contributed by atoms with Gasteiger partial charge in [-0.3, -0.25) is 4.79 Å². The zero-order valence-corrected chi connectivity index (χ0v) is 13.8. The van der Waals surface area contributed by atoms with E-state index in [1.807, 2.05) is 12.1 Å². The number of rotatable bonds is 4. The van der Waals surface area contributed by atoms with Crippen molar-refractivity contribution >= 4 is 6.29 Å². The van der Waals surface area contributed by atoms with Crippen LogP contribution in [0.25, 0.3) is 11.1 Å². The Hall–Kier alpha value is -3.33. The zero-order chi connectivity index (χ0) is 18.1. The van der Waals surface area contributed by atoms with E-state index in [0.29, 0.717) is 6.29 Å². The van der Waals surface area contributed by atoms with Crippen LogP contribution in [0.15, 0.2) is 85.5 Å². The molecule has 0 amide bonds. The van der Waals surface area contributed by atoms with Crippen molar-refractivity contribution in [2.75, 3.05) is 0 Å². The predicted octanol–water partition coefficient (Wildman–Crippen LogP) is 4.99. The minimum absolute atomic E-state index is 0.0527. The van der Waals surface area contributed by atoms with Crippen LogP contribution < -0.4 is 0 Å². The van der Waals surface area contributed by atoms with E-state index in [1.54, 1.807) is 0 Å². The highest BCUT2D eigenvalue weighted by atomic mass is 16.3. The zero-order valence-electron chi connectivity index (χ0n) is 13.8. The number of allylic oxidation sites excluding steroid dienone is 1. The Morgan fingerprint density at radius 2 is 1.56 bits per heavy atom. The van der Waals surface area contributed by atoms with E-state index in [9.17, 15) is 4.79 Å². The van der Waals surface area contributed by atoms with Crippen molar-refractivity contribution in [2.45, 2.75) is 6.42 Å². The molecule has 0 aromatic heterocycles. The summed E-state index contributed by atoms with van der Waals surface area (Å²) in [5, 5.41) is 17.7. The number of aldehydes is 1. The molecule has 126 valence electrons. The number of phenolic OH excluding ortho intramolecular Hbond substituents is 2. The molecular formula is C22H20O3. The Kier molecular flexibility index (Phi) is 6.55. The first-order chi connectivity index (χ1) is 12.2. The van der Waals surface area contributed by atoms with Gasteiger partial charge in [0.1, 0.15) is 11.5 Å². The van der Waals surface area contributed by atoms with Gasteiger partial charge >= 0.3 is 0 Å². The van der Waals surface area contributed by atoms with Crippen LogP contribution in [0.1, 0.15) is 15.9 Å². The van der Waals surface area contributed by atoms with Crippen molar-refractivity contribution in [3.63, 3.8) is 0 Å². The van der Waals surface area contributed by atoms with E-state index in [2.05, 4.69) is 55.1 Å². The smallest absolute Gasteiger partial charge is 0.153 e. The number of hydrogen-bond acceptors (Lipinski definition) is 3. The topological polar surface area (TPSA) is 57.5 Å². The van der Waals surface area contributed by atoms with Gasteiger partial charge in [-0.05, 0) is 35.2 Å². The lowest BCUT2D eigenvalue weighted by Gasteiger charge is -2.07. The fraction of sp³-hybridized carbons (Fsp3) is 0.0455. The van der Waals surface area contributed by atoms with Gasteiger partial charge in [-0.25, -0.2) is 0 Å². The fourth-order valence-corrected chi connectivity index (χ4v) is 2.38. The summed E-state index contributed by atoms with van der Waals surface area (Å²) in [5.41, 5.74) is 4.09. The lowest BCUT2D eigenvalue weighted by Crippen LogP contribution is -1.86. The summed E-state index contributed by atoms with van der Waals surface area (Å²) in [6, 6.07) is 22.7. The van der Waals surface area contributed by atoms with Gasteiger partial charge in [-0.2, -0.15) is 0 Å². The number of benzene rings is 3. The third kappa shape index (κ3) is 5.08. The highest BCUT2D eigenvalue weighted by molar-refractivity contribution is 5.79. The first kappa shape index (κ1) is 18.0. The lowest BCUT2D eigenvalue weighted by atomic mass is 9.98. The van der Waals surface area contributed by atoms with Crippen LogP contribution in [0.5, 0.6) is 11.5 Å². The minimum Gasteiger partial charge on any atom is -0.508 e. The molecule has 0 radical (unpaired) electrons. The molecule has 25 heavy (non-hydrogen) atoms. The molecule has 3 aromatic carbocycles. The maximum Gasteiger partial charge on any atom is 0.153 e. The molecule has 0 heterocycles. The normalized spacial score (nSPS) is 9.60. The molecule has 2 N–H and O–H groups in total. The Labute approximate surface area is 147 Å². The fourth-order valence-electron chi connectivity index (χ4n) is 2.38.